The summed E-state index contributed by atoms with van der Waals surface area (Å²) in [6.07, 6.45) is 2.22. The van der Waals surface area contributed by atoms with Gasteiger partial charge in [0.15, 0.2) is 5.78 Å². The van der Waals surface area contributed by atoms with Gasteiger partial charge in [-0.15, -0.1) is 0 Å². The zero-order valence-corrected chi connectivity index (χ0v) is 14.6. The lowest BCUT2D eigenvalue weighted by Crippen LogP contribution is -2.26. The zero-order chi connectivity index (χ0) is 17.5. The van der Waals surface area contributed by atoms with E-state index in [1.165, 1.54) is 12.8 Å². The van der Waals surface area contributed by atoms with Crippen LogP contribution in [0.1, 0.15) is 46.2 Å². The fraction of sp³-hybridized carbons (Fsp3) is 0.318. The smallest absolute Gasteiger partial charge is 0.197 e. The maximum Gasteiger partial charge on any atom is 0.197 e. The molecule has 1 aromatic heterocycles. The van der Waals surface area contributed by atoms with Gasteiger partial charge in [-0.1, -0.05) is 42.5 Å². The van der Waals surface area contributed by atoms with E-state index in [4.69, 9.17) is 9.15 Å². The largest absolute Gasteiger partial charge is 0.457 e. The molecule has 1 aliphatic heterocycles. The van der Waals surface area contributed by atoms with Crippen molar-refractivity contribution < 1.29 is 13.9 Å². The molecule has 2 heterocycles. The topological polar surface area (TPSA) is 42.7 Å². The third kappa shape index (κ3) is 2.49. The summed E-state index contributed by atoms with van der Waals surface area (Å²) < 4.78 is 12.4. The number of benzene rings is 2. The first kappa shape index (κ1) is 15.8. The van der Waals surface area contributed by atoms with Gasteiger partial charge in [0, 0.05) is 17.5 Å². The lowest BCUT2D eigenvalue weighted by Gasteiger charge is -2.25. The maximum absolute atomic E-state index is 13.1. The fourth-order valence-corrected chi connectivity index (χ4v) is 4.16. The molecule has 26 heavy (non-hydrogen) atoms. The molecule has 1 unspecified atom stereocenters. The Kier molecular flexibility index (Phi) is 3.88. The van der Waals surface area contributed by atoms with Crippen LogP contribution in [0.5, 0.6) is 0 Å². The van der Waals surface area contributed by atoms with Crippen LogP contribution in [0.4, 0.5) is 0 Å². The van der Waals surface area contributed by atoms with Crippen LogP contribution in [0.2, 0.25) is 0 Å². The molecule has 1 saturated heterocycles. The SMILES string of the molecule is O=C1c2ccccc2C(OCCN2CCCC2)c2oc3ccccc3c21. The van der Waals surface area contributed by atoms with E-state index in [9.17, 15) is 4.79 Å². The highest BCUT2D eigenvalue weighted by atomic mass is 16.5. The summed E-state index contributed by atoms with van der Waals surface area (Å²) in [6.45, 7) is 3.85. The number of hydrogen-bond donors (Lipinski definition) is 0. The van der Waals surface area contributed by atoms with Crippen LogP contribution in [0.15, 0.2) is 52.9 Å². The van der Waals surface area contributed by atoms with E-state index in [-0.39, 0.29) is 11.9 Å². The van der Waals surface area contributed by atoms with Gasteiger partial charge >= 0.3 is 0 Å². The average Bonchev–Trinajstić information content (AvgIpc) is 3.32. The first-order valence-corrected chi connectivity index (χ1v) is 9.32. The number of likely N-dealkylation sites (tertiary alicyclic amines) is 1. The van der Waals surface area contributed by atoms with Crippen LogP contribution >= 0.6 is 0 Å². The minimum Gasteiger partial charge on any atom is -0.457 e. The van der Waals surface area contributed by atoms with E-state index in [2.05, 4.69) is 4.90 Å². The molecule has 0 spiro atoms. The van der Waals surface area contributed by atoms with E-state index in [1.54, 1.807) is 0 Å². The number of nitrogens with zero attached hydrogens (tertiary/aromatic N) is 1. The van der Waals surface area contributed by atoms with Gasteiger partial charge in [-0.05, 0) is 37.6 Å². The predicted octanol–water partition coefficient (Wildman–Crippen LogP) is 4.18. The van der Waals surface area contributed by atoms with Crippen molar-refractivity contribution in [2.75, 3.05) is 26.2 Å². The van der Waals surface area contributed by atoms with Crippen molar-refractivity contribution in [2.24, 2.45) is 0 Å². The third-order valence-electron chi connectivity index (χ3n) is 5.47. The van der Waals surface area contributed by atoms with Crippen LogP contribution in [-0.4, -0.2) is 36.9 Å². The maximum atomic E-state index is 13.1. The number of fused-ring (bicyclic) bond motifs is 4. The molecule has 4 nitrogen and oxygen atoms in total. The molecule has 0 amide bonds. The Bertz CT molecular complexity index is 968. The highest BCUT2D eigenvalue weighted by Gasteiger charge is 2.36. The van der Waals surface area contributed by atoms with Crippen molar-refractivity contribution in [3.63, 3.8) is 0 Å². The molecule has 2 aromatic carbocycles. The normalized spacial score (nSPS) is 19.7. The van der Waals surface area contributed by atoms with Gasteiger partial charge in [-0.25, -0.2) is 0 Å². The standard InChI is InChI=1S/C22H21NO3/c24-20-15-7-1-2-8-16(15)21(25-14-13-23-11-5-6-12-23)22-19(20)17-9-3-4-10-18(17)26-22/h1-4,7-10,21H,5-6,11-14H2. The Morgan fingerprint density at radius 3 is 2.69 bits per heavy atom. The number of carbonyl (C=O) groups is 1. The molecule has 1 aliphatic carbocycles. The summed E-state index contributed by atoms with van der Waals surface area (Å²) in [6, 6.07) is 15.5. The van der Waals surface area contributed by atoms with Gasteiger partial charge in [-0.3, -0.25) is 4.79 Å². The molecule has 0 radical (unpaired) electrons. The lowest BCUT2D eigenvalue weighted by molar-refractivity contribution is 0.0492. The second kappa shape index (κ2) is 6.38. The number of carbonyl (C=O) groups excluding carboxylic acids is 1. The predicted molar refractivity (Wildman–Crippen MR) is 99.6 cm³/mol. The van der Waals surface area contributed by atoms with E-state index >= 15 is 0 Å². The molecule has 5 rings (SSSR count). The Hall–Kier alpha value is -2.43. The number of ether oxygens (including phenoxy) is 1. The number of hydrogen-bond acceptors (Lipinski definition) is 4. The third-order valence-corrected chi connectivity index (χ3v) is 5.47. The highest BCUT2D eigenvalue weighted by Crippen LogP contribution is 2.42. The molecule has 0 N–H and O–H groups in total. The first-order chi connectivity index (χ1) is 12.8. The van der Waals surface area contributed by atoms with E-state index in [1.807, 2.05) is 48.5 Å². The highest BCUT2D eigenvalue weighted by molar-refractivity contribution is 6.19. The van der Waals surface area contributed by atoms with Crippen molar-refractivity contribution in [2.45, 2.75) is 18.9 Å². The minimum atomic E-state index is -0.325. The van der Waals surface area contributed by atoms with Gasteiger partial charge < -0.3 is 14.1 Å². The lowest BCUT2D eigenvalue weighted by atomic mass is 9.86. The zero-order valence-electron chi connectivity index (χ0n) is 14.6. The van der Waals surface area contributed by atoms with Crippen molar-refractivity contribution >= 4 is 16.8 Å². The van der Waals surface area contributed by atoms with Gasteiger partial charge in [0.05, 0.1) is 12.2 Å². The molecule has 1 fully saturated rings. The summed E-state index contributed by atoms with van der Waals surface area (Å²) in [7, 11) is 0. The number of rotatable bonds is 4. The van der Waals surface area contributed by atoms with Crippen molar-refractivity contribution in [3.05, 3.63) is 71.0 Å². The summed E-state index contributed by atoms with van der Waals surface area (Å²) in [5, 5.41) is 0.871. The van der Waals surface area contributed by atoms with Gasteiger partial charge in [0.2, 0.25) is 0 Å². The quantitative estimate of drug-likeness (QED) is 0.710. The molecule has 4 heteroatoms. The Balaban J connectivity index is 1.53. The summed E-state index contributed by atoms with van der Waals surface area (Å²) in [4.78, 5) is 15.5. The Labute approximate surface area is 152 Å². The Morgan fingerprint density at radius 1 is 1.04 bits per heavy atom. The summed E-state index contributed by atoms with van der Waals surface area (Å²) in [5.41, 5.74) is 3.03. The van der Waals surface area contributed by atoms with Crippen molar-refractivity contribution in [1.29, 1.82) is 0 Å². The van der Waals surface area contributed by atoms with E-state index < -0.39 is 0 Å². The molecular formula is C22H21NO3. The van der Waals surface area contributed by atoms with E-state index in [0.717, 1.165) is 41.7 Å². The molecule has 1 atom stereocenters. The van der Waals surface area contributed by atoms with E-state index in [0.29, 0.717) is 17.9 Å². The Morgan fingerprint density at radius 2 is 1.81 bits per heavy atom. The molecule has 132 valence electrons. The monoisotopic (exact) mass is 347 g/mol. The first-order valence-electron chi connectivity index (χ1n) is 9.32. The molecule has 0 bridgehead atoms. The van der Waals surface area contributed by atoms with Crippen LogP contribution in [0.3, 0.4) is 0 Å². The van der Waals surface area contributed by atoms with Crippen LogP contribution in [-0.2, 0) is 4.74 Å². The summed E-state index contributed by atoms with van der Waals surface area (Å²) in [5.74, 6) is 0.677. The second-order valence-corrected chi connectivity index (χ2v) is 7.05. The fourth-order valence-electron chi connectivity index (χ4n) is 4.16. The number of furan rings is 1. The van der Waals surface area contributed by atoms with Crippen molar-refractivity contribution in [1.82, 2.24) is 4.90 Å². The van der Waals surface area contributed by atoms with Gasteiger partial charge in [-0.2, -0.15) is 0 Å². The number of ketones is 1. The second-order valence-electron chi connectivity index (χ2n) is 7.05. The summed E-state index contributed by atoms with van der Waals surface area (Å²) >= 11 is 0. The van der Waals surface area contributed by atoms with Crippen LogP contribution < -0.4 is 0 Å². The minimum absolute atomic E-state index is 0.0277. The van der Waals surface area contributed by atoms with Gasteiger partial charge in [0.1, 0.15) is 17.4 Å². The van der Waals surface area contributed by atoms with Crippen LogP contribution in [0, 0.1) is 0 Å². The molecule has 2 aliphatic rings. The van der Waals surface area contributed by atoms with Crippen LogP contribution in [0.25, 0.3) is 11.0 Å². The molecular weight excluding hydrogens is 326 g/mol. The number of para-hydroxylation sites is 1. The average molecular weight is 347 g/mol. The van der Waals surface area contributed by atoms with Crippen molar-refractivity contribution in [3.8, 4) is 0 Å². The van der Waals surface area contributed by atoms with Gasteiger partial charge in [0.25, 0.3) is 0 Å². The molecule has 3 aromatic rings. The molecule has 0 saturated carbocycles.